The highest BCUT2D eigenvalue weighted by Crippen LogP contribution is 2.23. The molecule has 2 aromatic rings. The first-order valence-electron chi connectivity index (χ1n) is 6.61. The number of carbonyl (C=O) groups excluding carboxylic acids is 1. The van der Waals surface area contributed by atoms with Crippen LogP contribution in [0.3, 0.4) is 0 Å². The van der Waals surface area contributed by atoms with E-state index >= 15 is 0 Å². The molecule has 0 aliphatic heterocycles. The van der Waals surface area contributed by atoms with Crippen molar-refractivity contribution in [2.24, 2.45) is 0 Å². The maximum absolute atomic E-state index is 11.5. The Morgan fingerprint density at radius 2 is 2.15 bits per heavy atom. The zero-order chi connectivity index (χ0) is 14.8. The molecule has 0 aliphatic rings. The number of phenolic OH excluding ortho intramolecular Hbond substituents is 1. The Bertz CT molecular complexity index is 611. The number of rotatable bonds is 3. The molecular formula is C15H20N2O3. The summed E-state index contributed by atoms with van der Waals surface area (Å²) in [4.78, 5) is 14.7. The Labute approximate surface area is 117 Å². The van der Waals surface area contributed by atoms with Crippen LogP contribution in [0.1, 0.15) is 26.3 Å². The second kappa shape index (κ2) is 5.45. The first-order valence-corrected chi connectivity index (χ1v) is 6.61. The second-order valence-corrected chi connectivity index (χ2v) is 5.72. The Morgan fingerprint density at radius 1 is 1.40 bits per heavy atom. The van der Waals surface area contributed by atoms with E-state index in [1.165, 1.54) is 0 Å². The minimum absolute atomic E-state index is 0.235. The second-order valence-electron chi connectivity index (χ2n) is 5.72. The number of nitrogens with one attached hydrogen (secondary N) is 2. The van der Waals surface area contributed by atoms with Crippen LogP contribution in [0.4, 0.5) is 4.79 Å². The number of aromatic amines is 1. The average molecular weight is 276 g/mol. The molecule has 108 valence electrons. The van der Waals surface area contributed by atoms with E-state index in [2.05, 4.69) is 10.3 Å². The fourth-order valence-electron chi connectivity index (χ4n) is 1.99. The Kier molecular flexibility index (Phi) is 3.88. The molecule has 0 aliphatic carbocycles. The van der Waals surface area contributed by atoms with Gasteiger partial charge in [0.15, 0.2) is 0 Å². The van der Waals surface area contributed by atoms with E-state index in [1.54, 1.807) is 12.1 Å². The van der Waals surface area contributed by atoms with Crippen molar-refractivity contribution in [2.45, 2.75) is 32.8 Å². The smallest absolute Gasteiger partial charge is 0.407 e. The number of aromatic hydroxyl groups is 1. The number of benzene rings is 1. The lowest BCUT2D eigenvalue weighted by Crippen LogP contribution is -2.33. The van der Waals surface area contributed by atoms with Gasteiger partial charge in [-0.05, 0) is 51.0 Å². The van der Waals surface area contributed by atoms with E-state index in [4.69, 9.17) is 4.74 Å². The number of fused-ring (bicyclic) bond motifs is 1. The number of hydrogen-bond acceptors (Lipinski definition) is 3. The van der Waals surface area contributed by atoms with Crippen LogP contribution in [-0.4, -0.2) is 28.3 Å². The van der Waals surface area contributed by atoms with Gasteiger partial charge in [-0.2, -0.15) is 0 Å². The van der Waals surface area contributed by atoms with Crippen LogP contribution in [0, 0.1) is 0 Å². The van der Waals surface area contributed by atoms with E-state index < -0.39 is 11.7 Å². The van der Waals surface area contributed by atoms with Crippen LogP contribution < -0.4 is 5.32 Å². The molecule has 0 saturated heterocycles. The highest BCUT2D eigenvalue weighted by molar-refractivity contribution is 5.84. The summed E-state index contributed by atoms with van der Waals surface area (Å²) >= 11 is 0. The molecule has 1 heterocycles. The van der Waals surface area contributed by atoms with E-state index in [0.717, 1.165) is 16.5 Å². The maximum Gasteiger partial charge on any atom is 0.407 e. The van der Waals surface area contributed by atoms with Crippen LogP contribution in [0.25, 0.3) is 10.9 Å². The molecule has 2 rings (SSSR count). The number of ether oxygens (including phenoxy) is 1. The number of carbonyl (C=O) groups is 1. The third kappa shape index (κ3) is 3.66. The zero-order valence-electron chi connectivity index (χ0n) is 12.0. The van der Waals surface area contributed by atoms with Gasteiger partial charge >= 0.3 is 6.09 Å². The van der Waals surface area contributed by atoms with E-state index in [-0.39, 0.29) is 5.75 Å². The highest BCUT2D eigenvalue weighted by Gasteiger charge is 2.15. The molecule has 3 N–H and O–H groups in total. The van der Waals surface area contributed by atoms with Crippen LogP contribution in [0.5, 0.6) is 5.75 Å². The lowest BCUT2D eigenvalue weighted by Gasteiger charge is -2.19. The quantitative estimate of drug-likeness (QED) is 0.807. The Balaban J connectivity index is 1.93. The molecule has 0 radical (unpaired) electrons. The molecule has 1 aromatic heterocycles. The zero-order valence-corrected chi connectivity index (χ0v) is 12.0. The number of aromatic nitrogens is 1. The molecule has 1 aromatic carbocycles. The summed E-state index contributed by atoms with van der Waals surface area (Å²) in [6.45, 7) is 5.97. The van der Waals surface area contributed by atoms with Crippen LogP contribution in [-0.2, 0) is 11.2 Å². The molecule has 20 heavy (non-hydrogen) atoms. The van der Waals surface area contributed by atoms with Crippen molar-refractivity contribution in [2.75, 3.05) is 6.54 Å². The Morgan fingerprint density at radius 3 is 2.85 bits per heavy atom. The highest BCUT2D eigenvalue weighted by atomic mass is 16.6. The third-order valence-electron chi connectivity index (χ3n) is 2.81. The first-order chi connectivity index (χ1) is 9.35. The number of amides is 1. The maximum atomic E-state index is 11.5. The van der Waals surface area contributed by atoms with E-state index in [0.29, 0.717) is 13.0 Å². The normalized spacial score (nSPS) is 11.6. The van der Waals surface area contributed by atoms with Crippen molar-refractivity contribution in [3.63, 3.8) is 0 Å². The molecule has 0 saturated carbocycles. The molecule has 0 unspecified atom stereocenters. The number of H-pyrrole nitrogens is 1. The largest absolute Gasteiger partial charge is 0.508 e. The van der Waals surface area contributed by atoms with Gasteiger partial charge in [0.05, 0.1) is 0 Å². The molecule has 5 heteroatoms. The van der Waals surface area contributed by atoms with E-state index in [9.17, 15) is 9.90 Å². The van der Waals surface area contributed by atoms with Crippen LogP contribution >= 0.6 is 0 Å². The summed E-state index contributed by atoms with van der Waals surface area (Å²) < 4.78 is 5.17. The predicted molar refractivity (Wildman–Crippen MR) is 77.9 cm³/mol. The lowest BCUT2D eigenvalue weighted by atomic mass is 10.1. The van der Waals surface area contributed by atoms with Crippen LogP contribution in [0.15, 0.2) is 24.4 Å². The van der Waals surface area contributed by atoms with Gasteiger partial charge in [0.2, 0.25) is 0 Å². The minimum atomic E-state index is -0.489. The lowest BCUT2D eigenvalue weighted by molar-refractivity contribution is 0.0528. The number of hydrogen-bond donors (Lipinski definition) is 3. The molecule has 0 bridgehead atoms. The molecular weight excluding hydrogens is 256 g/mol. The van der Waals surface area contributed by atoms with Crippen molar-refractivity contribution in [3.8, 4) is 5.75 Å². The summed E-state index contributed by atoms with van der Waals surface area (Å²) in [5.41, 5.74) is 1.53. The summed E-state index contributed by atoms with van der Waals surface area (Å²) in [7, 11) is 0. The van der Waals surface area contributed by atoms with Gasteiger partial charge in [0.1, 0.15) is 11.4 Å². The summed E-state index contributed by atoms with van der Waals surface area (Å²) in [5, 5.41) is 13.2. The van der Waals surface area contributed by atoms with Crippen molar-refractivity contribution in [3.05, 3.63) is 30.0 Å². The van der Waals surface area contributed by atoms with Gasteiger partial charge in [0.25, 0.3) is 0 Å². The molecule has 5 nitrogen and oxygen atoms in total. The van der Waals surface area contributed by atoms with Gasteiger partial charge in [-0.15, -0.1) is 0 Å². The summed E-state index contributed by atoms with van der Waals surface area (Å²) in [6.07, 6.45) is 2.14. The molecule has 1 amide bonds. The molecule has 0 atom stereocenters. The SMILES string of the molecule is CC(C)(C)OC(=O)NCCc1c[nH]c2ccc(O)cc12. The van der Waals surface area contributed by atoms with Gasteiger partial charge in [0, 0.05) is 23.6 Å². The summed E-state index contributed by atoms with van der Waals surface area (Å²) in [6, 6.07) is 5.19. The van der Waals surface area contributed by atoms with Crippen molar-refractivity contribution in [1.82, 2.24) is 10.3 Å². The fourth-order valence-corrected chi connectivity index (χ4v) is 1.99. The number of phenols is 1. The summed E-state index contributed by atoms with van der Waals surface area (Å²) in [5.74, 6) is 0.235. The van der Waals surface area contributed by atoms with Crippen molar-refractivity contribution >= 4 is 17.0 Å². The number of alkyl carbamates (subject to hydrolysis) is 1. The molecule has 0 spiro atoms. The Hall–Kier alpha value is -2.17. The van der Waals surface area contributed by atoms with Crippen LogP contribution in [0.2, 0.25) is 0 Å². The minimum Gasteiger partial charge on any atom is -0.508 e. The standard InChI is InChI=1S/C15H20N2O3/c1-15(2,3)20-14(19)16-7-6-10-9-17-13-5-4-11(18)8-12(10)13/h4-5,8-9,17-18H,6-7H2,1-3H3,(H,16,19). The van der Waals surface area contributed by atoms with Gasteiger partial charge in [-0.3, -0.25) is 0 Å². The monoisotopic (exact) mass is 276 g/mol. The van der Waals surface area contributed by atoms with Gasteiger partial charge in [-0.1, -0.05) is 0 Å². The van der Waals surface area contributed by atoms with Gasteiger partial charge in [-0.25, -0.2) is 4.79 Å². The van der Waals surface area contributed by atoms with Crippen molar-refractivity contribution in [1.29, 1.82) is 0 Å². The third-order valence-corrected chi connectivity index (χ3v) is 2.81. The molecule has 0 fully saturated rings. The van der Waals surface area contributed by atoms with E-state index in [1.807, 2.05) is 33.0 Å². The predicted octanol–water partition coefficient (Wildman–Crippen LogP) is 2.94. The average Bonchev–Trinajstić information content (AvgIpc) is 2.69. The topological polar surface area (TPSA) is 74.3 Å². The first kappa shape index (κ1) is 14.2. The van der Waals surface area contributed by atoms with Crippen molar-refractivity contribution < 1.29 is 14.6 Å². The fraction of sp³-hybridized carbons (Fsp3) is 0.400. The van der Waals surface area contributed by atoms with Gasteiger partial charge < -0.3 is 20.1 Å².